The lowest BCUT2D eigenvalue weighted by Gasteiger charge is -2.16. The first kappa shape index (κ1) is 13.6. The number of fused-ring (bicyclic) bond motifs is 1. The van der Waals surface area contributed by atoms with Crippen molar-refractivity contribution in [2.45, 2.75) is 30.3 Å². The van der Waals surface area contributed by atoms with Crippen LogP contribution in [-0.4, -0.2) is 33.1 Å². The topological polar surface area (TPSA) is 77.0 Å². The highest BCUT2D eigenvalue weighted by Gasteiger charge is 2.30. The zero-order valence-corrected chi connectivity index (χ0v) is 12.9. The molecule has 2 aliphatic rings. The highest BCUT2D eigenvalue weighted by Crippen LogP contribution is 2.39. The summed E-state index contributed by atoms with van der Waals surface area (Å²) in [4.78, 5) is 14.3. The van der Waals surface area contributed by atoms with E-state index in [1.165, 1.54) is 22.0 Å². The summed E-state index contributed by atoms with van der Waals surface area (Å²) >= 11 is 1.36. The molecule has 22 heavy (non-hydrogen) atoms. The third kappa shape index (κ3) is 2.35. The van der Waals surface area contributed by atoms with Gasteiger partial charge >= 0.3 is 0 Å². The zero-order valence-electron chi connectivity index (χ0n) is 12.1. The van der Waals surface area contributed by atoms with Crippen molar-refractivity contribution in [1.82, 2.24) is 14.9 Å². The number of nitrogen functional groups attached to an aromatic ring is 1. The van der Waals surface area contributed by atoms with Gasteiger partial charge in [-0.05, 0) is 30.9 Å². The second-order valence-electron chi connectivity index (χ2n) is 5.70. The van der Waals surface area contributed by atoms with Crippen LogP contribution in [0.4, 0.5) is 5.69 Å². The summed E-state index contributed by atoms with van der Waals surface area (Å²) in [7, 11) is 0. The van der Waals surface area contributed by atoms with Gasteiger partial charge in [0, 0.05) is 18.2 Å². The van der Waals surface area contributed by atoms with Gasteiger partial charge in [-0.1, -0.05) is 30.0 Å². The Hall–Kier alpha value is -2.02. The lowest BCUT2D eigenvalue weighted by atomic mass is 10.2. The van der Waals surface area contributed by atoms with Gasteiger partial charge in [0.2, 0.25) is 11.1 Å². The lowest BCUT2D eigenvalue weighted by molar-refractivity contribution is -0.116. The molecule has 2 heterocycles. The molecule has 1 aromatic heterocycles. The maximum Gasteiger partial charge on any atom is 0.237 e. The third-order valence-corrected chi connectivity index (χ3v) is 5.07. The lowest BCUT2D eigenvalue weighted by Crippen LogP contribution is -2.30. The number of anilines is 1. The number of hydrogen-bond donors (Lipinski definition) is 1. The van der Waals surface area contributed by atoms with E-state index in [4.69, 9.17) is 5.84 Å². The number of amides is 1. The number of nitrogens with two attached hydrogens (primary N) is 1. The molecule has 1 aliphatic heterocycles. The second-order valence-corrected chi connectivity index (χ2v) is 6.64. The standard InChI is InChI=1S/C15H17N5OS/c16-20-14(11-5-6-11)17-18-15(20)22-9-13(21)19-8-7-10-3-1-2-4-12(10)19/h1-4,11H,5-9,16H2. The monoisotopic (exact) mass is 315 g/mol. The van der Waals surface area contributed by atoms with Crippen LogP contribution < -0.4 is 10.7 Å². The Bertz CT molecular complexity index is 724. The predicted molar refractivity (Wildman–Crippen MR) is 85.4 cm³/mol. The van der Waals surface area contributed by atoms with Crippen LogP contribution >= 0.6 is 11.8 Å². The molecule has 4 rings (SSSR count). The van der Waals surface area contributed by atoms with E-state index in [0.29, 0.717) is 16.8 Å². The molecule has 7 heteroatoms. The number of thioether (sulfide) groups is 1. The summed E-state index contributed by atoms with van der Waals surface area (Å²) in [6.07, 6.45) is 3.18. The highest BCUT2D eigenvalue weighted by molar-refractivity contribution is 7.99. The Labute approximate surface area is 132 Å². The van der Waals surface area contributed by atoms with Crippen molar-refractivity contribution < 1.29 is 4.79 Å². The van der Waals surface area contributed by atoms with E-state index < -0.39 is 0 Å². The molecule has 1 fully saturated rings. The maximum absolute atomic E-state index is 12.5. The molecule has 0 unspecified atom stereocenters. The van der Waals surface area contributed by atoms with Crippen LogP contribution in [0.25, 0.3) is 0 Å². The van der Waals surface area contributed by atoms with Gasteiger partial charge in [-0.25, -0.2) is 4.68 Å². The van der Waals surface area contributed by atoms with Gasteiger partial charge in [0.1, 0.15) is 0 Å². The van der Waals surface area contributed by atoms with Crippen LogP contribution in [0.15, 0.2) is 29.4 Å². The van der Waals surface area contributed by atoms with Gasteiger partial charge in [0.05, 0.1) is 5.75 Å². The zero-order chi connectivity index (χ0) is 15.1. The molecular formula is C15H17N5OS. The normalized spacial score (nSPS) is 16.8. The Morgan fingerprint density at radius 2 is 2.14 bits per heavy atom. The van der Waals surface area contributed by atoms with Gasteiger partial charge in [0.15, 0.2) is 5.82 Å². The van der Waals surface area contributed by atoms with Crippen molar-refractivity contribution in [3.05, 3.63) is 35.7 Å². The minimum absolute atomic E-state index is 0.0888. The summed E-state index contributed by atoms with van der Waals surface area (Å²) in [5.74, 6) is 7.71. The first-order valence-electron chi connectivity index (χ1n) is 7.45. The Morgan fingerprint density at radius 1 is 1.32 bits per heavy atom. The van der Waals surface area contributed by atoms with Crippen molar-refractivity contribution in [3.63, 3.8) is 0 Å². The molecule has 1 aliphatic carbocycles. The van der Waals surface area contributed by atoms with E-state index in [0.717, 1.165) is 37.3 Å². The summed E-state index contributed by atoms with van der Waals surface area (Å²) < 4.78 is 1.54. The molecule has 1 amide bonds. The molecule has 1 aromatic carbocycles. The molecule has 0 spiro atoms. The molecule has 2 aromatic rings. The predicted octanol–water partition coefficient (Wildman–Crippen LogP) is 1.55. The quantitative estimate of drug-likeness (QED) is 0.684. The molecule has 6 nitrogen and oxygen atoms in total. The van der Waals surface area contributed by atoms with Crippen molar-refractivity contribution in [2.75, 3.05) is 23.0 Å². The van der Waals surface area contributed by atoms with Crippen molar-refractivity contribution in [3.8, 4) is 0 Å². The molecule has 0 bridgehead atoms. The minimum atomic E-state index is 0.0888. The molecule has 1 saturated carbocycles. The first-order chi connectivity index (χ1) is 10.7. The summed E-state index contributed by atoms with van der Waals surface area (Å²) in [5.41, 5.74) is 2.26. The summed E-state index contributed by atoms with van der Waals surface area (Å²) in [6.45, 7) is 0.751. The summed E-state index contributed by atoms with van der Waals surface area (Å²) in [5, 5.41) is 8.85. The molecular weight excluding hydrogens is 298 g/mol. The number of hydrogen-bond acceptors (Lipinski definition) is 5. The van der Waals surface area contributed by atoms with Crippen LogP contribution in [0.5, 0.6) is 0 Å². The number of nitrogens with zero attached hydrogens (tertiary/aromatic N) is 4. The van der Waals surface area contributed by atoms with E-state index in [2.05, 4.69) is 16.3 Å². The Balaban J connectivity index is 1.43. The largest absolute Gasteiger partial charge is 0.336 e. The summed E-state index contributed by atoms with van der Waals surface area (Å²) in [6, 6.07) is 8.06. The molecule has 0 saturated heterocycles. The third-order valence-electron chi connectivity index (χ3n) is 4.15. The van der Waals surface area contributed by atoms with Crippen LogP contribution in [0.2, 0.25) is 0 Å². The maximum atomic E-state index is 12.5. The first-order valence-corrected chi connectivity index (χ1v) is 8.44. The number of rotatable bonds is 4. The van der Waals surface area contributed by atoms with Gasteiger partial charge in [-0.3, -0.25) is 4.79 Å². The number of benzene rings is 1. The van der Waals surface area contributed by atoms with Crippen LogP contribution in [0, 0.1) is 0 Å². The average Bonchev–Trinajstić information content (AvgIpc) is 3.17. The van der Waals surface area contributed by atoms with E-state index in [1.54, 1.807) is 0 Å². The average molecular weight is 315 g/mol. The van der Waals surface area contributed by atoms with Crippen LogP contribution in [0.1, 0.15) is 30.1 Å². The second kappa shape index (κ2) is 5.31. The van der Waals surface area contributed by atoms with Crippen LogP contribution in [-0.2, 0) is 11.2 Å². The molecule has 114 valence electrons. The van der Waals surface area contributed by atoms with Crippen LogP contribution in [0.3, 0.4) is 0 Å². The Morgan fingerprint density at radius 3 is 2.95 bits per heavy atom. The van der Waals surface area contributed by atoms with E-state index in [9.17, 15) is 4.79 Å². The number of carbonyl (C=O) groups is 1. The molecule has 0 atom stereocenters. The fourth-order valence-corrected chi connectivity index (χ4v) is 3.55. The van der Waals surface area contributed by atoms with Crippen molar-refractivity contribution in [1.29, 1.82) is 0 Å². The SMILES string of the molecule is Nn1c(SCC(=O)N2CCc3ccccc32)nnc1C1CC1. The number of aromatic nitrogens is 3. The van der Waals surface area contributed by atoms with Gasteiger partial charge in [-0.15, -0.1) is 10.2 Å². The molecule has 2 N–H and O–H groups in total. The smallest absolute Gasteiger partial charge is 0.237 e. The van der Waals surface area contributed by atoms with E-state index in [1.807, 2.05) is 23.1 Å². The van der Waals surface area contributed by atoms with Gasteiger partial charge in [0.25, 0.3) is 0 Å². The van der Waals surface area contributed by atoms with Crippen molar-refractivity contribution in [2.24, 2.45) is 0 Å². The fraction of sp³-hybridized carbons (Fsp3) is 0.400. The van der Waals surface area contributed by atoms with Gasteiger partial charge in [-0.2, -0.15) is 0 Å². The number of carbonyl (C=O) groups excluding carboxylic acids is 1. The minimum Gasteiger partial charge on any atom is -0.336 e. The van der Waals surface area contributed by atoms with Crippen molar-refractivity contribution >= 4 is 23.4 Å². The van der Waals surface area contributed by atoms with E-state index in [-0.39, 0.29) is 5.91 Å². The highest BCUT2D eigenvalue weighted by atomic mass is 32.2. The fourth-order valence-electron chi connectivity index (χ4n) is 2.81. The Kier molecular flexibility index (Phi) is 3.29. The van der Waals surface area contributed by atoms with Gasteiger partial charge < -0.3 is 10.7 Å². The number of para-hydroxylation sites is 1. The molecule has 0 radical (unpaired) electrons. The van der Waals surface area contributed by atoms with E-state index >= 15 is 0 Å².